The molecule has 0 saturated heterocycles. The normalized spacial score (nSPS) is 12.9. The molecule has 0 aliphatic carbocycles. The Labute approximate surface area is 126 Å². The van der Waals surface area contributed by atoms with E-state index in [1.54, 1.807) is 27.4 Å². The number of nitrogens with one attached hydrogen (secondary N) is 1. The molecule has 0 amide bonds. The predicted molar refractivity (Wildman–Crippen MR) is 83.3 cm³/mol. The van der Waals surface area contributed by atoms with E-state index in [1.165, 1.54) is 0 Å². The van der Waals surface area contributed by atoms with Gasteiger partial charge in [-0.15, -0.1) is 0 Å². The Kier molecular flexibility index (Phi) is 5.96. The molecule has 0 aliphatic heterocycles. The number of hydrogen-bond acceptors (Lipinski definition) is 4. The van der Waals surface area contributed by atoms with E-state index in [4.69, 9.17) is 25.8 Å². The van der Waals surface area contributed by atoms with E-state index in [0.717, 1.165) is 12.1 Å². The van der Waals surface area contributed by atoms with Gasteiger partial charge in [-0.25, -0.2) is 0 Å². The summed E-state index contributed by atoms with van der Waals surface area (Å²) in [5.41, 5.74) is 0.670. The zero-order chi connectivity index (χ0) is 15.3. The molecule has 114 valence electrons. The smallest absolute Gasteiger partial charge is 0.143 e. The molecule has 0 radical (unpaired) electrons. The van der Waals surface area contributed by atoms with Crippen molar-refractivity contribution in [1.29, 1.82) is 0 Å². The second-order valence-corrected chi connectivity index (χ2v) is 5.81. The number of benzene rings is 1. The van der Waals surface area contributed by atoms with Gasteiger partial charge in [-0.3, -0.25) is 0 Å². The first-order valence-electron chi connectivity index (χ1n) is 6.56. The van der Waals surface area contributed by atoms with Crippen molar-refractivity contribution in [3.63, 3.8) is 0 Å². The first kappa shape index (κ1) is 16.9. The Balaban J connectivity index is 2.90. The van der Waals surface area contributed by atoms with Gasteiger partial charge in [0, 0.05) is 25.3 Å². The van der Waals surface area contributed by atoms with Crippen LogP contribution in [0.25, 0.3) is 0 Å². The molecular formula is C15H24ClNO3. The largest absolute Gasteiger partial charge is 0.495 e. The van der Waals surface area contributed by atoms with Crippen LogP contribution in [0.3, 0.4) is 0 Å². The standard InChI is InChI=1S/C15H24ClNO3/c1-10(9-15(2,3)20-6)17-12-8-13(18-4)11(16)7-14(12)19-5/h7-8,10,17H,9H2,1-6H3. The fourth-order valence-electron chi connectivity index (χ4n) is 2.11. The van der Waals surface area contributed by atoms with Crippen LogP contribution in [0.1, 0.15) is 27.2 Å². The summed E-state index contributed by atoms with van der Waals surface area (Å²) >= 11 is 6.09. The van der Waals surface area contributed by atoms with Crippen LogP contribution < -0.4 is 14.8 Å². The molecule has 1 aromatic carbocycles. The van der Waals surface area contributed by atoms with Gasteiger partial charge in [0.15, 0.2) is 0 Å². The van der Waals surface area contributed by atoms with Gasteiger partial charge in [0.05, 0.1) is 30.5 Å². The van der Waals surface area contributed by atoms with E-state index < -0.39 is 0 Å². The van der Waals surface area contributed by atoms with Crippen LogP contribution in [-0.4, -0.2) is 33.0 Å². The van der Waals surface area contributed by atoms with Crippen molar-refractivity contribution in [3.05, 3.63) is 17.2 Å². The SMILES string of the molecule is COc1cc(NC(C)CC(C)(C)OC)c(OC)cc1Cl. The Hall–Kier alpha value is -1.13. The molecule has 1 atom stereocenters. The zero-order valence-electron chi connectivity index (χ0n) is 13.0. The maximum absolute atomic E-state index is 6.09. The lowest BCUT2D eigenvalue weighted by Crippen LogP contribution is -2.31. The fraction of sp³-hybridized carbons (Fsp3) is 0.600. The molecular weight excluding hydrogens is 278 g/mol. The second-order valence-electron chi connectivity index (χ2n) is 5.40. The lowest BCUT2D eigenvalue weighted by atomic mass is 9.99. The van der Waals surface area contributed by atoms with Crippen LogP contribution in [0.15, 0.2) is 12.1 Å². The van der Waals surface area contributed by atoms with Crippen molar-refractivity contribution in [1.82, 2.24) is 0 Å². The summed E-state index contributed by atoms with van der Waals surface area (Å²) in [6.45, 7) is 6.22. The first-order valence-corrected chi connectivity index (χ1v) is 6.94. The monoisotopic (exact) mass is 301 g/mol. The van der Waals surface area contributed by atoms with E-state index in [-0.39, 0.29) is 11.6 Å². The van der Waals surface area contributed by atoms with Gasteiger partial charge in [0.1, 0.15) is 11.5 Å². The maximum atomic E-state index is 6.09. The average Bonchev–Trinajstić information content (AvgIpc) is 2.39. The van der Waals surface area contributed by atoms with Crippen LogP contribution in [0.5, 0.6) is 11.5 Å². The van der Waals surface area contributed by atoms with E-state index in [9.17, 15) is 0 Å². The number of methoxy groups -OCH3 is 3. The van der Waals surface area contributed by atoms with Gasteiger partial charge in [-0.05, 0) is 27.2 Å². The number of hydrogen-bond donors (Lipinski definition) is 1. The Morgan fingerprint density at radius 1 is 1.15 bits per heavy atom. The predicted octanol–water partition coefficient (Wildman–Crippen LogP) is 3.97. The van der Waals surface area contributed by atoms with Gasteiger partial charge >= 0.3 is 0 Å². The third kappa shape index (κ3) is 4.46. The Morgan fingerprint density at radius 2 is 1.75 bits per heavy atom. The second kappa shape index (κ2) is 7.04. The molecule has 0 spiro atoms. The molecule has 4 nitrogen and oxygen atoms in total. The number of halogens is 1. The number of ether oxygens (including phenoxy) is 3. The third-order valence-electron chi connectivity index (χ3n) is 3.23. The highest BCUT2D eigenvalue weighted by Gasteiger charge is 2.21. The molecule has 1 aromatic rings. The molecule has 0 saturated carbocycles. The average molecular weight is 302 g/mol. The van der Waals surface area contributed by atoms with E-state index in [2.05, 4.69) is 26.1 Å². The highest BCUT2D eigenvalue weighted by molar-refractivity contribution is 6.32. The van der Waals surface area contributed by atoms with Crippen molar-refractivity contribution in [2.45, 2.75) is 38.8 Å². The molecule has 0 aromatic heterocycles. The highest BCUT2D eigenvalue weighted by atomic mass is 35.5. The summed E-state index contributed by atoms with van der Waals surface area (Å²) in [6.07, 6.45) is 0.859. The molecule has 0 aliphatic rings. The minimum absolute atomic E-state index is 0.184. The minimum Gasteiger partial charge on any atom is -0.495 e. The lowest BCUT2D eigenvalue weighted by molar-refractivity contribution is 0.0128. The van der Waals surface area contributed by atoms with E-state index in [0.29, 0.717) is 16.5 Å². The van der Waals surface area contributed by atoms with E-state index >= 15 is 0 Å². The van der Waals surface area contributed by atoms with E-state index in [1.807, 2.05) is 6.07 Å². The van der Waals surface area contributed by atoms with Crippen molar-refractivity contribution >= 4 is 17.3 Å². The Bertz CT molecular complexity index is 449. The van der Waals surface area contributed by atoms with Gasteiger partial charge in [-0.1, -0.05) is 11.6 Å². The first-order chi connectivity index (χ1) is 9.32. The number of rotatable bonds is 7. The molecule has 1 rings (SSSR count). The minimum atomic E-state index is -0.184. The van der Waals surface area contributed by atoms with Crippen LogP contribution in [-0.2, 0) is 4.74 Å². The molecule has 0 fully saturated rings. The van der Waals surface area contributed by atoms with Crippen molar-refractivity contribution in [2.75, 3.05) is 26.6 Å². The lowest BCUT2D eigenvalue weighted by Gasteiger charge is -2.28. The van der Waals surface area contributed by atoms with Gasteiger partial charge in [0.2, 0.25) is 0 Å². The summed E-state index contributed by atoms with van der Waals surface area (Å²) in [5.74, 6) is 1.31. The molecule has 0 heterocycles. The molecule has 1 N–H and O–H groups in total. The van der Waals surface area contributed by atoms with Crippen molar-refractivity contribution in [2.24, 2.45) is 0 Å². The van der Waals surface area contributed by atoms with Crippen molar-refractivity contribution < 1.29 is 14.2 Å². The summed E-state index contributed by atoms with van der Waals surface area (Å²) in [5, 5.41) is 3.94. The summed E-state index contributed by atoms with van der Waals surface area (Å²) < 4.78 is 16.0. The summed E-state index contributed by atoms with van der Waals surface area (Å²) in [4.78, 5) is 0. The Morgan fingerprint density at radius 3 is 2.25 bits per heavy atom. The van der Waals surface area contributed by atoms with Gasteiger partial charge < -0.3 is 19.5 Å². The van der Waals surface area contributed by atoms with Crippen LogP contribution in [0.4, 0.5) is 5.69 Å². The van der Waals surface area contributed by atoms with Crippen LogP contribution in [0.2, 0.25) is 5.02 Å². The molecule has 20 heavy (non-hydrogen) atoms. The maximum Gasteiger partial charge on any atom is 0.143 e. The molecule has 0 bridgehead atoms. The quantitative estimate of drug-likeness (QED) is 0.827. The molecule has 1 unspecified atom stereocenters. The summed E-state index contributed by atoms with van der Waals surface area (Å²) in [7, 11) is 4.93. The van der Waals surface area contributed by atoms with Crippen LogP contribution >= 0.6 is 11.6 Å². The fourth-order valence-corrected chi connectivity index (χ4v) is 2.34. The summed E-state index contributed by atoms with van der Waals surface area (Å²) in [6, 6.07) is 3.80. The third-order valence-corrected chi connectivity index (χ3v) is 3.52. The molecule has 5 heteroatoms. The van der Waals surface area contributed by atoms with Crippen molar-refractivity contribution in [3.8, 4) is 11.5 Å². The topological polar surface area (TPSA) is 39.7 Å². The van der Waals surface area contributed by atoms with Crippen LogP contribution in [0, 0.1) is 0 Å². The highest BCUT2D eigenvalue weighted by Crippen LogP contribution is 2.36. The van der Waals surface area contributed by atoms with Gasteiger partial charge in [-0.2, -0.15) is 0 Å². The van der Waals surface area contributed by atoms with Gasteiger partial charge in [0.25, 0.3) is 0 Å². The zero-order valence-corrected chi connectivity index (χ0v) is 13.8. The number of anilines is 1.